The van der Waals surface area contributed by atoms with E-state index in [0.717, 1.165) is 0 Å². The number of hydrogen-bond donors (Lipinski definition) is 4. The molecule has 6 fully saturated rings. The highest BCUT2D eigenvalue weighted by Gasteiger charge is 2.80. The molecule has 5 aromatic carbocycles. The van der Waals surface area contributed by atoms with E-state index in [-0.39, 0.29) is 61.6 Å². The first-order valence-corrected chi connectivity index (χ1v) is 41.1. The topological polar surface area (TPSA) is 355 Å². The van der Waals surface area contributed by atoms with E-state index < -0.39 is 194 Å². The molecule has 650 valence electrons. The first-order valence-electron chi connectivity index (χ1n) is 41.1. The molecule has 4 N–H and O–H groups in total. The van der Waals surface area contributed by atoms with Gasteiger partial charge in [0.15, 0.2) is 23.4 Å². The van der Waals surface area contributed by atoms with Crippen LogP contribution in [-0.4, -0.2) is 200 Å². The Morgan fingerprint density at radius 1 is 0.479 bits per heavy atom. The first-order chi connectivity index (χ1) is 57.0. The number of alkyl carbamates (subject to hydrolysis) is 1. The number of carbonyl (C=O) groups is 10. The lowest BCUT2D eigenvalue weighted by Crippen LogP contribution is -2.81. The number of rotatable bonds is 21. The van der Waals surface area contributed by atoms with Crippen LogP contribution in [0, 0.1) is 45.3 Å². The molecule has 2 amide bonds. The summed E-state index contributed by atoms with van der Waals surface area (Å²) in [6.07, 6.45) is -12.5. The Bertz CT molecular complexity index is 4800. The standard InChI is InChI=1S/C48H55NO12.C46H59NO13/c1-27-33(59-44(54)38(57-8)37(30-18-12-9-13-19-30)49-42(52)31-20-14-10-15-21-31)25-48(55)41(60-43(53)32-22-16-11-17-23-32)39-46(6,40(51)28(2)36(27)45(48,4)5)34(56-7)24-35-47(39,26-58-35)61-29(3)50;1-25-30(57-40(51)35(55-11)34(28-18-14-12-15-19-28)47-41(52)60-42(4,5)6)23-46(53)38(58-39(50)29-20-16-13-17-21-29)36-44(9,37(49)26(2)33(25)43(46,7)8)31(54-10)22-32-45(36,24-56-32)59-27(3)48/h9-23,28,33-35,37-39,41,55H,24-26H2,1-8H3,(H,49,52);12-21,26,30-32,34-36,38,53H,22-24H2,1-11H3,(H,47,52)/t28-,33?,34+,35?,37+,38-,39+,41+,46-,47+,48-;26-,30?,31+,32?,34+,35-,36+,38+,44-,45+,46-/m11/s1. The summed E-state index contributed by atoms with van der Waals surface area (Å²) in [4.78, 5) is 142. The molecule has 4 bridgehead atoms. The molecule has 0 spiro atoms. The zero-order chi connectivity index (χ0) is 88.2. The molecule has 2 aliphatic heterocycles. The van der Waals surface area contributed by atoms with Crippen LogP contribution in [0.3, 0.4) is 0 Å². The molecule has 4 unspecified atom stereocenters. The van der Waals surface area contributed by atoms with Gasteiger partial charge in [-0.3, -0.25) is 24.0 Å². The number of fused-ring (bicyclic) bond motifs is 10. The molecule has 0 radical (unpaired) electrons. The van der Waals surface area contributed by atoms with Crippen molar-refractivity contribution in [2.75, 3.05) is 41.7 Å². The van der Waals surface area contributed by atoms with Crippen LogP contribution in [-0.2, 0) is 90.3 Å². The van der Waals surface area contributed by atoms with Crippen LogP contribution in [0.25, 0.3) is 0 Å². The summed E-state index contributed by atoms with van der Waals surface area (Å²) < 4.78 is 79.7. The normalized spacial score (nSPS) is 32.6. The number of Topliss-reactive ketones (excluding diaryl/α,β-unsaturated/α-hetero) is 2. The molecular formula is C94H114N2O25. The van der Waals surface area contributed by atoms with Crippen LogP contribution in [0.4, 0.5) is 4.79 Å². The lowest BCUT2D eigenvalue weighted by atomic mass is 9.43. The third kappa shape index (κ3) is 15.8. The SMILES string of the molecule is CO[C@H]1CC2OC[C@@]2(OC(C)=O)[C@H]2[C@H](OC(=O)c3ccccc3)[C@]3(O)CC(OC(=O)[C@H](OC)[C@@H](NC(=O)OC(C)(C)C)c4ccccc4)C(C)=C([C@@H](C)C(=O)[C@]12C)C3(C)C.CO[C@H]1CC2OC[C@@]2(OC(C)=O)[C@H]2[C@H](OC(=O)c3ccccc3)[C@]3(O)CC(OC(=O)[C@H](OC)[C@@H](NC(=O)c4ccccc4)c4ccccc4)C(C)=C([C@@H](C)C(=O)[C@]12C)C3(C)C. The number of carbonyl (C=O) groups excluding carboxylic acids is 10. The Kier molecular flexibility index (Phi) is 25.7. The summed E-state index contributed by atoms with van der Waals surface area (Å²) in [6.45, 7) is 25.0. The first kappa shape index (κ1) is 90.4. The summed E-state index contributed by atoms with van der Waals surface area (Å²) in [7, 11) is 5.62. The van der Waals surface area contributed by atoms with Gasteiger partial charge >= 0.3 is 41.9 Å². The van der Waals surface area contributed by atoms with Crippen LogP contribution in [0.15, 0.2) is 174 Å². The van der Waals surface area contributed by atoms with Gasteiger partial charge in [0, 0.05) is 96.2 Å². The van der Waals surface area contributed by atoms with E-state index >= 15 is 9.59 Å². The van der Waals surface area contributed by atoms with E-state index in [1.807, 2.05) is 6.07 Å². The molecule has 22 atom stereocenters. The second-order valence-electron chi connectivity index (χ2n) is 35.8. The lowest BCUT2D eigenvalue weighted by molar-refractivity contribution is -0.347. The van der Waals surface area contributed by atoms with Crippen LogP contribution in [0.2, 0.25) is 0 Å². The van der Waals surface area contributed by atoms with E-state index in [0.29, 0.717) is 39.0 Å². The number of esters is 6. The molecule has 0 aromatic heterocycles. The number of methoxy groups -OCH3 is 4. The Morgan fingerprint density at radius 3 is 1.12 bits per heavy atom. The van der Waals surface area contributed by atoms with Crippen molar-refractivity contribution in [1.29, 1.82) is 0 Å². The minimum atomic E-state index is -2.10. The number of ether oxygens (including phenoxy) is 13. The largest absolute Gasteiger partial charge is 0.456 e. The van der Waals surface area contributed by atoms with E-state index in [2.05, 4.69) is 10.6 Å². The molecule has 121 heavy (non-hydrogen) atoms. The lowest BCUT2D eigenvalue weighted by Gasteiger charge is -2.68. The monoisotopic (exact) mass is 1670 g/mol. The third-order valence-corrected chi connectivity index (χ3v) is 27.4. The molecule has 8 aliphatic rings. The molecule has 27 nitrogen and oxygen atoms in total. The van der Waals surface area contributed by atoms with Gasteiger partial charge in [-0.15, -0.1) is 0 Å². The number of amides is 2. The highest BCUT2D eigenvalue weighted by atomic mass is 16.7. The van der Waals surface area contributed by atoms with Gasteiger partial charge < -0.3 is 82.4 Å². The zero-order valence-corrected chi connectivity index (χ0v) is 72.2. The van der Waals surface area contributed by atoms with Crippen molar-refractivity contribution < 1.29 is 120 Å². The number of hydrogen-bond acceptors (Lipinski definition) is 25. The van der Waals surface area contributed by atoms with E-state index in [9.17, 15) is 48.6 Å². The zero-order valence-electron chi connectivity index (χ0n) is 72.2. The van der Waals surface area contributed by atoms with Crippen molar-refractivity contribution >= 4 is 59.4 Å². The smallest absolute Gasteiger partial charge is 0.408 e. The number of benzene rings is 5. The van der Waals surface area contributed by atoms with E-state index in [4.69, 9.17) is 61.6 Å². The van der Waals surface area contributed by atoms with Gasteiger partial charge in [0.1, 0.15) is 65.0 Å². The number of aliphatic hydroxyl groups is 2. The van der Waals surface area contributed by atoms with Gasteiger partial charge in [-0.05, 0) is 118 Å². The van der Waals surface area contributed by atoms with Gasteiger partial charge in [-0.1, -0.05) is 157 Å². The Morgan fingerprint density at radius 2 is 0.810 bits per heavy atom. The molecule has 4 saturated carbocycles. The summed E-state index contributed by atoms with van der Waals surface area (Å²) in [6, 6.07) is 40.6. The molecule has 5 aromatic rings. The fourth-order valence-electron chi connectivity index (χ4n) is 21.6. The Hall–Kier alpha value is -9.84. The number of nitrogens with one attached hydrogen (secondary N) is 2. The van der Waals surface area contributed by atoms with Crippen LogP contribution in [0.1, 0.15) is 184 Å². The van der Waals surface area contributed by atoms with Gasteiger partial charge in [-0.25, -0.2) is 24.0 Å². The molecule has 13 rings (SSSR count). The van der Waals surface area contributed by atoms with Gasteiger partial charge in [-0.2, -0.15) is 0 Å². The fourth-order valence-corrected chi connectivity index (χ4v) is 21.6. The average Bonchev–Trinajstić information content (AvgIpc) is 0.672. The van der Waals surface area contributed by atoms with Crippen molar-refractivity contribution in [3.8, 4) is 0 Å². The van der Waals surface area contributed by atoms with Crippen molar-refractivity contribution in [2.24, 2.45) is 45.3 Å². The molecule has 2 heterocycles. The Balaban J connectivity index is 0.000000222. The molecule has 27 heteroatoms. The van der Waals surface area contributed by atoms with Crippen LogP contribution >= 0.6 is 0 Å². The highest BCUT2D eigenvalue weighted by Crippen LogP contribution is 2.68. The van der Waals surface area contributed by atoms with Gasteiger partial charge in [0.2, 0.25) is 0 Å². The summed E-state index contributed by atoms with van der Waals surface area (Å²) in [5.41, 5.74) is -9.84. The van der Waals surface area contributed by atoms with Gasteiger partial charge in [0.05, 0.1) is 71.3 Å². The van der Waals surface area contributed by atoms with Crippen molar-refractivity contribution in [2.45, 2.75) is 231 Å². The Labute approximate surface area is 705 Å². The molecule has 2 saturated heterocycles. The number of ketones is 2. The summed E-state index contributed by atoms with van der Waals surface area (Å²) in [5.74, 6) is -9.83. The summed E-state index contributed by atoms with van der Waals surface area (Å²) >= 11 is 0. The van der Waals surface area contributed by atoms with Crippen molar-refractivity contribution in [3.05, 3.63) is 202 Å². The fraction of sp³-hybridized carbons (Fsp3) is 0.532. The van der Waals surface area contributed by atoms with Gasteiger partial charge in [0.25, 0.3) is 5.91 Å². The maximum Gasteiger partial charge on any atom is 0.408 e. The van der Waals surface area contributed by atoms with E-state index in [1.54, 1.807) is 236 Å². The molecular weight excluding hydrogens is 1560 g/mol. The predicted molar refractivity (Wildman–Crippen MR) is 437 cm³/mol. The highest BCUT2D eigenvalue weighted by molar-refractivity contribution is 5.96. The van der Waals surface area contributed by atoms with Crippen molar-refractivity contribution in [3.63, 3.8) is 0 Å². The minimum absolute atomic E-state index is 0.128. The van der Waals surface area contributed by atoms with Crippen LogP contribution < -0.4 is 10.6 Å². The summed E-state index contributed by atoms with van der Waals surface area (Å²) in [5, 5.41) is 33.3. The average molecular weight is 1670 g/mol. The van der Waals surface area contributed by atoms with Crippen LogP contribution in [0.5, 0.6) is 0 Å². The quantitative estimate of drug-likeness (QED) is 0.0301. The maximum absolute atomic E-state index is 15.5. The van der Waals surface area contributed by atoms with E-state index in [1.165, 1.54) is 42.3 Å². The third-order valence-electron chi connectivity index (χ3n) is 27.4. The second-order valence-corrected chi connectivity index (χ2v) is 35.8. The van der Waals surface area contributed by atoms with Crippen molar-refractivity contribution in [1.82, 2.24) is 10.6 Å². The minimum Gasteiger partial charge on any atom is -0.456 e. The second kappa shape index (κ2) is 34.5. The molecule has 6 aliphatic carbocycles. The maximum atomic E-state index is 15.5. The predicted octanol–water partition coefficient (Wildman–Crippen LogP) is 11.6.